The molecule has 0 spiro atoms. The molecule has 1 aromatic carbocycles. The SMILES string of the molecule is COc1cc(CNC(C)CNC(C)(C)C)ccc1F. The average molecular weight is 268 g/mol. The Kier molecular flexibility index (Phi) is 5.76. The van der Waals surface area contributed by atoms with Gasteiger partial charge in [-0.1, -0.05) is 6.07 Å². The van der Waals surface area contributed by atoms with E-state index in [0.717, 1.165) is 12.1 Å². The molecule has 0 aromatic heterocycles. The summed E-state index contributed by atoms with van der Waals surface area (Å²) in [7, 11) is 1.48. The monoisotopic (exact) mass is 268 g/mol. The van der Waals surface area contributed by atoms with E-state index in [2.05, 4.69) is 38.3 Å². The van der Waals surface area contributed by atoms with Crippen molar-refractivity contribution in [2.75, 3.05) is 13.7 Å². The summed E-state index contributed by atoms with van der Waals surface area (Å²) in [5.74, 6) is -0.0338. The van der Waals surface area contributed by atoms with Crippen molar-refractivity contribution in [2.45, 2.75) is 45.8 Å². The number of benzene rings is 1. The molecule has 0 saturated carbocycles. The summed E-state index contributed by atoms with van der Waals surface area (Å²) in [4.78, 5) is 0. The lowest BCUT2D eigenvalue weighted by molar-refractivity contribution is 0.382. The van der Waals surface area contributed by atoms with E-state index >= 15 is 0 Å². The fourth-order valence-electron chi connectivity index (χ4n) is 1.64. The standard InChI is InChI=1S/C15H25FN2O/c1-11(9-18-15(2,3)4)17-10-12-6-7-13(16)14(8-12)19-5/h6-8,11,17-18H,9-10H2,1-5H3. The van der Waals surface area contributed by atoms with Crippen LogP contribution in [0.5, 0.6) is 5.75 Å². The van der Waals surface area contributed by atoms with Crippen molar-refractivity contribution < 1.29 is 9.13 Å². The van der Waals surface area contributed by atoms with Gasteiger partial charge >= 0.3 is 0 Å². The molecule has 0 heterocycles. The second-order valence-corrected chi connectivity index (χ2v) is 5.88. The third kappa shape index (κ3) is 6.03. The van der Waals surface area contributed by atoms with Gasteiger partial charge in [-0.15, -0.1) is 0 Å². The molecule has 2 N–H and O–H groups in total. The van der Waals surface area contributed by atoms with E-state index in [-0.39, 0.29) is 11.4 Å². The van der Waals surface area contributed by atoms with Crippen LogP contribution in [0.25, 0.3) is 0 Å². The van der Waals surface area contributed by atoms with Gasteiger partial charge in [-0.3, -0.25) is 0 Å². The first-order valence-corrected chi connectivity index (χ1v) is 6.62. The van der Waals surface area contributed by atoms with E-state index in [1.54, 1.807) is 12.1 Å². The minimum atomic E-state index is -0.325. The van der Waals surface area contributed by atoms with Crippen LogP contribution >= 0.6 is 0 Å². The number of halogens is 1. The molecule has 108 valence electrons. The van der Waals surface area contributed by atoms with Crippen LogP contribution in [0.2, 0.25) is 0 Å². The Morgan fingerprint density at radius 2 is 2.00 bits per heavy atom. The Hall–Kier alpha value is -1.13. The summed E-state index contributed by atoms with van der Waals surface area (Å²) < 4.78 is 18.2. The van der Waals surface area contributed by atoms with E-state index in [9.17, 15) is 4.39 Å². The molecule has 0 saturated heterocycles. The minimum Gasteiger partial charge on any atom is -0.494 e. The van der Waals surface area contributed by atoms with E-state index < -0.39 is 0 Å². The molecule has 3 nitrogen and oxygen atoms in total. The van der Waals surface area contributed by atoms with Crippen molar-refractivity contribution in [2.24, 2.45) is 0 Å². The summed E-state index contributed by atoms with van der Waals surface area (Å²) in [6.45, 7) is 10.1. The maximum absolute atomic E-state index is 13.3. The molecule has 0 radical (unpaired) electrons. The minimum absolute atomic E-state index is 0.120. The van der Waals surface area contributed by atoms with Crippen molar-refractivity contribution in [1.82, 2.24) is 10.6 Å². The molecule has 1 atom stereocenters. The number of rotatable bonds is 6. The molecular formula is C15H25FN2O. The Morgan fingerprint density at radius 3 is 2.58 bits per heavy atom. The van der Waals surface area contributed by atoms with Gasteiger partial charge in [0.2, 0.25) is 0 Å². The Morgan fingerprint density at radius 1 is 1.32 bits per heavy atom. The molecule has 4 heteroatoms. The Balaban J connectivity index is 2.44. The highest BCUT2D eigenvalue weighted by Gasteiger charge is 2.11. The van der Waals surface area contributed by atoms with E-state index in [4.69, 9.17) is 4.74 Å². The fourth-order valence-corrected chi connectivity index (χ4v) is 1.64. The Labute approximate surface area is 115 Å². The summed E-state index contributed by atoms with van der Waals surface area (Å²) in [6.07, 6.45) is 0. The fraction of sp³-hybridized carbons (Fsp3) is 0.600. The highest BCUT2D eigenvalue weighted by Crippen LogP contribution is 2.18. The topological polar surface area (TPSA) is 33.3 Å². The van der Waals surface area contributed by atoms with E-state index in [0.29, 0.717) is 18.3 Å². The van der Waals surface area contributed by atoms with Crippen LogP contribution in [0.15, 0.2) is 18.2 Å². The molecule has 0 aliphatic carbocycles. The number of nitrogens with one attached hydrogen (secondary N) is 2. The van der Waals surface area contributed by atoms with Crippen LogP contribution in [0, 0.1) is 5.82 Å². The zero-order valence-electron chi connectivity index (χ0n) is 12.5. The number of methoxy groups -OCH3 is 1. The highest BCUT2D eigenvalue weighted by atomic mass is 19.1. The molecule has 1 unspecified atom stereocenters. The van der Waals surface area contributed by atoms with Gasteiger partial charge in [-0.2, -0.15) is 0 Å². The van der Waals surface area contributed by atoms with Crippen LogP contribution in [0.1, 0.15) is 33.3 Å². The van der Waals surface area contributed by atoms with Gasteiger partial charge in [0, 0.05) is 24.7 Å². The van der Waals surface area contributed by atoms with Crippen molar-refractivity contribution in [1.29, 1.82) is 0 Å². The van der Waals surface area contributed by atoms with Crippen molar-refractivity contribution in [3.63, 3.8) is 0 Å². The molecule has 19 heavy (non-hydrogen) atoms. The largest absolute Gasteiger partial charge is 0.494 e. The summed E-state index contributed by atoms with van der Waals surface area (Å²) >= 11 is 0. The average Bonchev–Trinajstić information content (AvgIpc) is 2.34. The van der Waals surface area contributed by atoms with Crippen molar-refractivity contribution in [3.8, 4) is 5.75 Å². The molecular weight excluding hydrogens is 243 g/mol. The molecule has 0 bridgehead atoms. The van der Waals surface area contributed by atoms with Gasteiger partial charge in [0.05, 0.1) is 7.11 Å². The molecule has 0 fully saturated rings. The van der Waals surface area contributed by atoms with E-state index in [1.807, 2.05) is 0 Å². The van der Waals surface area contributed by atoms with Crippen LogP contribution in [-0.2, 0) is 6.54 Å². The Bertz CT molecular complexity index is 402. The molecule has 1 rings (SSSR count). The lowest BCUT2D eigenvalue weighted by atomic mass is 10.1. The van der Waals surface area contributed by atoms with Gasteiger partial charge in [0.25, 0.3) is 0 Å². The van der Waals surface area contributed by atoms with Gasteiger partial charge in [0.15, 0.2) is 11.6 Å². The normalized spacial score (nSPS) is 13.4. The van der Waals surface area contributed by atoms with Crippen molar-refractivity contribution in [3.05, 3.63) is 29.6 Å². The van der Waals surface area contributed by atoms with Crippen molar-refractivity contribution >= 4 is 0 Å². The van der Waals surface area contributed by atoms with Crippen LogP contribution in [0.4, 0.5) is 4.39 Å². The predicted octanol–water partition coefficient (Wildman–Crippen LogP) is 2.70. The molecule has 0 aliphatic heterocycles. The van der Waals surface area contributed by atoms with Crippen LogP contribution in [0.3, 0.4) is 0 Å². The molecule has 1 aromatic rings. The molecule has 0 amide bonds. The number of hydrogen-bond acceptors (Lipinski definition) is 3. The lowest BCUT2D eigenvalue weighted by Crippen LogP contribution is -2.44. The van der Waals surface area contributed by atoms with Crippen LogP contribution in [-0.4, -0.2) is 25.2 Å². The summed E-state index contributed by atoms with van der Waals surface area (Å²) in [6, 6.07) is 5.28. The number of ether oxygens (including phenoxy) is 1. The first kappa shape index (κ1) is 15.9. The third-order valence-electron chi connectivity index (χ3n) is 2.81. The first-order chi connectivity index (χ1) is 8.81. The molecule has 0 aliphatic rings. The van der Waals surface area contributed by atoms with E-state index in [1.165, 1.54) is 13.2 Å². The quantitative estimate of drug-likeness (QED) is 0.832. The first-order valence-electron chi connectivity index (χ1n) is 6.62. The highest BCUT2D eigenvalue weighted by molar-refractivity contribution is 5.30. The lowest BCUT2D eigenvalue weighted by Gasteiger charge is -2.24. The van der Waals surface area contributed by atoms with Gasteiger partial charge in [-0.05, 0) is 45.4 Å². The van der Waals surface area contributed by atoms with Gasteiger partial charge in [-0.25, -0.2) is 4.39 Å². The zero-order chi connectivity index (χ0) is 14.5. The second kappa shape index (κ2) is 6.87. The second-order valence-electron chi connectivity index (χ2n) is 5.88. The summed E-state index contributed by atoms with van der Waals surface area (Å²) in [5.41, 5.74) is 1.13. The van der Waals surface area contributed by atoms with Gasteiger partial charge in [0.1, 0.15) is 0 Å². The zero-order valence-corrected chi connectivity index (χ0v) is 12.5. The summed E-state index contributed by atoms with van der Waals surface area (Å²) in [5, 5.41) is 6.84. The maximum Gasteiger partial charge on any atom is 0.165 e. The predicted molar refractivity (Wildman–Crippen MR) is 77.0 cm³/mol. The maximum atomic E-state index is 13.3. The van der Waals surface area contributed by atoms with Gasteiger partial charge < -0.3 is 15.4 Å². The smallest absolute Gasteiger partial charge is 0.165 e. The third-order valence-corrected chi connectivity index (χ3v) is 2.81. The van der Waals surface area contributed by atoms with Crippen LogP contribution < -0.4 is 15.4 Å². The number of hydrogen-bond donors (Lipinski definition) is 2.